The summed E-state index contributed by atoms with van der Waals surface area (Å²) in [4.78, 5) is 14.4. The molecule has 12 heavy (non-hydrogen) atoms. The Kier molecular flexibility index (Phi) is 2.09. The Bertz CT molecular complexity index is 333. The predicted molar refractivity (Wildman–Crippen MR) is 48.6 cm³/mol. The molecule has 0 radical (unpaired) electrons. The van der Waals surface area contributed by atoms with Crippen LogP contribution in [0.1, 0.15) is 10.4 Å². The molecule has 0 aromatic heterocycles. The average Bonchev–Trinajstić information content (AvgIpc) is 2.03. The summed E-state index contributed by atoms with van der Waals surface area (Å²) in [6, 6.07) is 4.64. The van der Waals surface area contributed by atoms with E-state index in [-0.39, 0.29) is 0 Å². The third-order valence-electron chi connectivity index (χ3n) is 1.41. The van der Waals surface area contributed by atoms with E-state index in [1.807, 2.05) is 0 Å². The van der Waals surface area contributed by atoms with Gasteiger partial charge in [0.15, 0.2) is 0 Å². The zero-order chi connectivity index (χ0) is 9.14. The number of nitrogen functional groups attached to an aromatic ring is 1. The molecule has 0 bridgehead atoms. The lowest BCUT2D eigenvalue weighted by atomic mass is 10.1. The van der Waals surface area contributed by atoms with Crippen molar-refractivity contribution in [2.24, 2.45) is 10.7 Å². The van der Waals surface area contributed by atoms with Crippen LogP contribution >= 0.6 is 0 Å². The van der Waals surface area contributed by atoms with Crippen molar-refractivity contribution < 1.29 is 4.79 Å². The highest BCUT2D eigenvalue weighted by atomic mass is 16.1. The number of hydrogen-bond acceptors (Lipinski definition) is 3. The molecular weight excluding hydrogens is 154 g/mol. The quantitative estimate of drug-likeness (QED) is 0.497. The highest BCUT2D eigenvalue weighted by Crippen LogP contribution is 2.18. The zero-order valence-electron chi connectivity index (χ0n) is 6.45. The second kappa shape index (κ2) is 3.04. The van der Waals surface area contributed by atoms with Crippen LogP contribution in [0, 0.1) is 0 Å². The molecule has 0 aliphatic heterocycles. The molecule has 1 aromatic carbocycles. The van der Waals surface area contributed by atoms with Gasteiger partial charge in [0.2, 0.25) is 5.91 Å². The van der Waals surface area contributed by atoms with E-state index in [9.17, 15) is 4.79 Å². The van der Waals surface area contributed by atoms with Crippen LogP contribution in [0.15, 0.2) is 23.2 Å². The minimum Gasteiger partial charge on any atom is -0.399 e. The molecule has 0 fully saturated rings. The first-order valence-corrected chi connectivity index (χ1v) is 3.30. The molecule has 4 N–H and O–H groups in total. The first kappa shape index (κ1) is 8.26. The molecule has 0 saturated carbocycles. The fourth-order valence-corrected chi connectivity index (χ4v) is 0.868. The maximum absolute atomic E-state index is 10.7. The van der Waals surface area contributed by atoms with Gasteiger partial charge in [0.05, 0.1) is 5.69 Å². The fourth-order valence-electron chi connectivity index (χ4n) is 0.868. The van der Waals surface area contributed by atoms with Gasteiger partial charge in [-0.25, -0.2) is 0 Å². The van der Waals surface area contributed by atoms with Gasteiger partial charge >= 0.3 is 0 Å². The monoisotopic (exact) mass is 163 g/mol. The standard InChI is InChI=1S/C8H9N3O/c1-11-7-3-5(8(10)12)2-6(9)4-7/h2-4H,1,9H2,(H2,10,12). The Labute approximate surface area is 69.9 Å². The molecule has 0 atom stereocenters. The number of carbonyl (C=O) groups is 1. The van der Waals surface area contributed by atoms with Crippen molar-refractivity contribution in [2.45, 2.75) is 0 Å². The maximum atomic E-state index is 10.7. The average molecular weight is 163 g/mol. The third kappa shape index (κ3) is 1.60. The number of primary amides is 1. The number of amides is 1. The highest BCUT2D eigenvalue weighted by Gasteiger charge is 2.02. The van der Waals surface area contributed by atoms with Crippen LogP contribution < -0.4 is 11.5 Å². The highest BCUT2D eigenvalue weighted by molar-refractivity contribution is 5.94. The molecule has 0 saturated heterocycles. The van der Waals surface area contributed by atoms with Crippen molar-refractivity contribution in [3.05, 3.63) is 23.8 Å². The molecule has 1 aromatic rings. The molecule has 0 heterocycles. The van der Waals surface area contributed by atoms with Gasteiger partial charge in [-0.15, -0.1) is 0 Å². The lowest BCUT2D eigenvalue weighted by molar-refractivity contribution is 0.100. The molecule has 1 amide bonds. The van der Waals surface area contributed by atoms with E-state index in [0.717, 1.165) is 0 Å². The minimum atomic E-state index is -0.521. The number of nitrogens with zero attached hydrogens (tertiary/aromatic N) is 1. The van der Waals surface area contributed by atoms with Gasteiger partial charge in [0, 0.05) is 11.3 Å². The number of aliphatic imine (C=N–C) groups is 1. The maximum Gasteiger partial charge on any atom is 0.248 e. The van der Waals surface area contributed by atoms with Crippen LogP contribution in [0.2, 0.25) is 0 Å². The zero-order valence-corrected chi connectivity index (χ0v) is 6.45. The van der Waals surface area contributed by atoms with Crippen LogP contribution in [0.3, 0.4) is 0 Å². The SMILES string of the molecule is C=Nc1cc(N)cc(C(N)=O)c1. The normalized spacial score (nSPS) is 9.33. The van der Waals surface area contributed by atoms with Crippen molar-refractivity contribution in [3.8, 4) is 0 Å². The molecule has 62 valence electrons. The van der Waals surface area contributed by atoms with E-state index < -0.39 is 5.91 Å². The summed E-state index contributed by atoms with van der Waals surface area (Å²) in [5, 5.41) is 0. The lowest BCUT2D eigenvalue weighted by Crippen LogP contribution is -2.10. The second-order valence-corrected chi connectivity index (χ2v) is 2.34. The number of anilines is 1. The first-order valence-electron chi connectivity index (χ1n) is 3.30. The Morgan fingerprint density at radius 2 is 2.08 bits per heavy atom. The summed E-state index contributed by atoms with van der Waals surface area (Å²) in [5.41, 5.74) is 11.9. The Balaban J connectivity index is 3.23. The fraction of sp³-hybridized carbons (Fsp3) is 0. The van der Waals surface area contributed by atoms with E-state index >= 15 is 0 Å². The van der Waals surface area contributed by atoms with Gasteiger partial charge in [-0.2, -0.15) is 0 Å². The van der Waals surface area contributed by atoms with Crippen molar-refractivity contribution in [2.75, 3.05) is 5.73 Å². The summed E-state index contributed by atoms with van der Waals surface area (Å²) < 4.78 is 0. The van der Waals surface area contributed by atoms with E-state index in [2.05, 4.69) is 11.7 Å². The molecule has 0 aliphatic rings. The topological polar surface area (TPSA) is 81.5 Å². The smallest absolute Gasteiger partial charge is 0.248 e. The van der Waals surface area contributed by atoms with Crippen LogP contribution in [0.25, 0.3) is 0 Å². The third-order valence-corrected chi connectivity index (χ3v) is 1.41. The Hall–Kier alpha value is -1.84. The van der Waals surface area contributed by atoms with Crippen LogP contribution in [-0.4, -0.2) is 12.6 Å². The van der Waals surface area contributed by atoms with Gasteiger partial charge < -0.3 is 11.5 Å². The van der Waals surface area contributed by atoms with Gasteiger partial charge in [-0.1, -0.05) is 0 Å². The first-order chi connectivity index (χ1) is 5.63. The van der Waals surface area contributed by atoms with Gasteiger partial charge in [-0.05, 0) is 24.9 Å². The molecule has 4 nitrogen and oxygen atoms in total. The van der Waals surface area contributed by atoms with E-state index in [1.165, 1.54) is 12.1 Å². The second-order valence-electron chi connectivity index (χ2n) is 2.34. The number of hydrogen-bond donors (Lipinski definition) is 2. The molecule has 0 unspecified atom stereocenters. The van der Waals surface area contributed by atoms with Crippen LogP contribution in [0.5, 0.6) is 0 Å². The van der Waals surface area contributed by atoms with Crippen molar-refractivity contribution >= 4 is 24.0 Å². The Morgan fingerprint density at radius 3 is 2.58 bits per heavy atom. The Morgan fingerprint density at radius 1 is 1.42 bits per heavy atom. The molecule has 4 heteroatoms. The molecular formula is C8H9N3O. The molecule has 0 aliphatic carbocycles. The van der Waals surface area contributed by atoms with Crippen molar-refractivity contribution in [1.82, 2.24) is 0 Å². The van der Waals surface area contributed by atoms with Crippen LogP contribution in [-0.2, 0) is 0 Å². The van der Waals surface area contributed by atoms with Gasteiger partial charge in [0.1, 0.15) is 0 Å². The number of nitrogens with two attached hydrogens (primary N) is 2. The van der Waals surface area contributed by atoms with E-state index in [4.69, 9.17) is 11.5 Å². The number of rotatable bonds is 2. The van der Waals surface area contributed by atoms with Crippen molar-refractivity contribution in [1.29, 1.82) is 0 Å². The summed E-state index contributed by atoms with van der Waals surface area (Å²) in [7, 11) is 0. The summed E-state index contributed by atoms with van der Waals surface area (Å²) in [5.74, 6) is -0.521. The van der Waals surface area contributed by atoms with Gasteiger partial charge in [-0.3, -0.25) is 9.79 Å². The number of benzene rings is 1. The summed E-state index contributed by atoms with van der Waals surface area (Å²) >= 11 is 0. The molecule has 1 rings (SSSR count). The van der Waals surface area contributed by atoms with E-state index in [1.54, 1.807) is 6.07 Å². The van der Waals surface area contributed by atoms with Gasteiger partial charge in [0.25, 0.3) is 0 Å². The minimum absolute atomic E-state index is 0.345. The summed E-state index contributed by atoms with van der Waals surface area (Å²) in [6.07, 6.45) is 0. The van der Waals surface area contributed by atoms with Crippen molar-refractivity contribution in [3.63, 3.8) is 0 Å². The van der Waals surface area contributed by atoms with E-state index in [0.29, 0.717) is 16.9 Å². The largest absolute Gasteiger partial charge is 0.399 e. The van der Waals surface area contributed by atoms with Crippen LogP contribution in [0.4, 0.5) is 11.4 Å². The summed E-state index contributed by atoms with van der Waals surface area (Å²) in [6.45, 7) is 3.31. The number of carbonyl (C=O) groups excluding carboxylic acids is 1. The lowest BCUT2D eigenvalue weighted by Gasteiger charge is -1.99. The molecule has 0 spiro atoms. The predicted octanol–water partition coefficient (Wildman–Crippen LogP) is 0.700.